The van der Waals surface area contributed by atoms with Crippen molar-refractivity contribution >= 4 is 38.6 Å². The lowest BCUT2D eigenvalue weighted by Gasteiger charge is -2.13. The molecule has 0 unspecified atom stereocenters. The van der Waals surface area contributed by atoms with Crippen LogP contribution in [0.25, 0.3) is 60.9 Å². The number of nitrogens with zero attached hydrogens (tertiary/aromatic N) is 4. The summed E-state index contributed by atoms with van der Waals surface area (Å²) in [6.07, 6.45) is 5.71. The van der Waals surface area contributed by atoms with Gasteiger partial charge >= 0.3 is 0 Å². The molecule has 4 heteroatoms. The minimum atomic E-state index is 0.873. The first kappa shape index (κ1) is 17.8. The van der Waals surface area contributed by atoms with E-state index in [-0.39, 0.29) is 0 Å². The Kier molecular flexibility index (Phi) is 3.11. The maximum Gasteiger partial charge on any atom is 0.165 e. The molecular formula is C31H18N4. The Morgan fingerprint density at radius 2 is 1.49 bits per heavy atom. The number of aromatic nitrogens is 4. The van der Waals surface area contributed by atoms with Crippen molar-refractivity contribution in [2.24, 2.45) is 0 Å². The second-order valence-corrected chi connectivity index (χ2v) is 9.65. The standard InChI is InChI=1S/C31H18N4/c1-2-6-20-17(5-1)15-18-9-11-21-23(26(18)20)16-19-10-12-22-28(27(19)21)29-25(8-4-13-32-29)35-30(22)34-24-7-3-14-33-31(24)35/h1-14H,15-16H2. The van der Waals surface area contributed by atoms with Gasteiger partial charge in [-0.25, -0.2) is 9.97 Å². The molecule has 4 heterocycles. The summed E-state index contributed by atoms with van der Waals surface area (Å²) in [4.78, 5) is 14.6. The Bertz CT molecular complexity index is 2070. The van der Waals surface area contributed by atoms with Crippen molar-refractivity contribution < 1.29 is 0 Å². The van der Waals surface area contributed by atoms with Gasteiger partial charge in [0.05, 0.1) is 11.0 Å². The number of pyridine rings is 3. The lowest BCUT2D eigenvalue weighted by Crippen LogP contribution is -1.96. The Hall–Kier alpha value is -4.57. The van der Waals surface area contributed by atoms with E-state index in [0.717, 1.165) is 46.1 Å². The summed E-state index contributed by atoms with van der Waals surface area (Å²) in [6.45, 7) is 0. The number of fused-ring (bicyclic) bond motifs is 16. The molecule has 3 aromatic carbocycles. The summed E-state index contributed by atoms with van der Waals surface area (Å²) in [7, 11) is 0. The Morgan fingerprint density at radius 3 is 2.49 bits per heavy atom. The third-order valence-electron chi connectivity index (χ3n) is 7.92. The van der Waals surface area contributed by atoms with Crippen molar-refractivity contribution in [3.05, 3.63) is 107 Å². The summed E-state index contributed by atoms with van der Waals surface area (Å²) < 4.78 is 2.17. The highest BCUT2D eigenvalue weighted by atomic mass is 15.1. The van der Waals surface area contributed by atoms with Crippen molar-refractivity contribution in [2.45, 2.75) is 12.8 Å². The van der Waals surface area contributed by atoms with Gasteiger partial charge in [-0.05, 0) is 81.6 Å². The highest BCUT2D eigenvalue weighted by Crippen LogP contribution is 2.50. The fourth-order valence-electron chi connectivity index (χ4n) is 6.54. The molecule has 7 aromatic rings. The van der Waals surface area contributed by atoms with Crippen molar-refractivity contribution in [3.63, 3.8) is 0 Å². The average Bonchev–Trinajstić information content (AvgIpc) is 3.59. The molecule has 35 heavy (non-hydrogen) atoms. The molecule has 0 N–H and O–H groups in total. The van der Waals surface area contributed by atoms with Crippen LogP contribution in [0.1, 0.15) is 22.3 Å². The molecule has 0 saturated carbocycles. The molecule has 4 aromatic heterocycles. The zero-order valence-corrected chi connectivity index (χ0v) is 18.8. The Labute approximate surface area is 200 Å². The molecule has 162 valence electrons. The lowest BCUT2D eigenvalue weighted by molar-refractivity contribution is 1.23. The van der Waals surface area contributed by atoms with Crippen LogP contribution < -0.4 is 0 Å². The van der Waals surface area contributed by atoms with Crippen LogP contribution in [0.5, 0.6) is 0 Å². The molecule has 0 bridgehead atoms. The van der Waals surface area contributed by atoms with E-state index in [1.54, 1.807) is 0 Å². The summed E-state index contributed by atoms with van der Waals surface area (Å²) >= 11 is 0. The summed E-state index contributed by atoms with van der Waals surface area (Å²) in [5, 5.41) is 2.33. The van der Waals surface area contributed by atoms with E-state index in [1.165, 1.54) is 49.9 Å². The number of hydrogen-bond donors (Lipinski definition) is 0. The number of benzene rings is 3. The molecule has 4 nitrogen and oxygen atoms in total. The molecule has 0 spiro atoms. The maximum atomic E-state index is 5.04. The predicted octanol–water partition coefficient (Wildman–Crippen LogP) is 6.73. The zero-order valence-electron chi connectivity index (χ0n) is 18.8. The molecule has 0 aliphatic heterocycles. The predicted molar refractivity (Wildman–Crippen MR) is 140 cm³/mol. The van der Waals surface area contributed by atoms with Gasteiger partial charge in [-0.2, -0.15) is 0 Å². The minimum absolute atomic E-state index is 0.873. The molecule has 0 saturated heterocycles. The SMILES string of the molecule is c1ccc2c(c1)Cc1ccc3c(c1-2)Cc1ccc2c(c1-3)c1ncccc1n1c3ncccc3nc21. The second kappa shape index (κ2) is 6.10. The largest absolute Gasteiger partial charge is 0.274 e. The van der Waals surface area contributed by atoms with Gasteiger partial charge < -0.3 is 0 Å². The van der Waals surface area contributed by atoms with Crippen LogP contribution in [0.2, 0.25) is 0 Å². The first-order valence-corrected chi connectivity index (χ1v) is 12.1. The maximum absolute atomic E-state index is 5.04. The van der Waals surface area contributed by atoms with E-state index in [1.807, 2.05) is 30.6 Å². The van der Waals surface area contributed by atoms with E-state index >= 15 is 0 Å². The Balaban J connectivity index is 1.47. The van der Waals surface area contributed by atoms with Crippen molar-refractivity contribution in [3.8, 4) is 22.3 Å². The van der Waals surface area contributed by atoms with E-state index in [0.29, 0.717) is 0 Å². The zero-order chi connectivity index (χ0) is 22.7. The van der Waals surface area contributed by atoms with E-state index < -0.39 is 0 Å². The van der Waals surface area contributed by atoms with Crippen LogP contribution in [0.3, 0.4) is 0 Å². The van der Waals surface area contributed by atoms with Crippen molar-refractivity contribution in [1.82, 2.24) is 19.4 Å². The number of hydrogen-bond acceptors (Lipinski definition) is 3. The minimum Gasteiger partial charge on any atom is -0.274 e. The van der Waals surface area contributed by atoms with Crippen LogP contribution >= 0.6 is 0 Å². The van der Waals surface area contributed by atoms with Crippen LogP contribution in [-0.2, 0) is 12.8 Å². The molecule has 0 atom stereocenters. The van der Waals surface area contributed by atoms with Gasteiger partial charge in [0, 0.05) is 23.2 Å². The van der Waals surface area contributed by atoms with Crippen LogP contribution in [0, 0.1) is 0 Å². The molecule has 9 rings (SSSR count). The summed E-state index contributed by atoms with van der Waals surface area (Å²) in [5.74, 6) is 0. The van der Waals surface area contributed by atoms with Crippen LogP contribution in [0.4, 0.5) is 0 Å². The van der Waals surface area contributed by atoms with Gasteiger partial charge in [0.2, 0.25) is 0 Å². The highest BCUT2D eigenvalue weighted by Gasteiger charge is 2.30. The molecule has 0 radical (unpaired) electrons. The summed E-state index contributed by atoms with van der Waals surface area (Å²) in [6, 6.07) is 26.2. The monoisotopic (exact) mass is 446 g/mol. The second-order valence-electron chi connectivity index (χ2n) is 9.65. The topological polar surface area (TPSA) is 43.1 Å². The van der Waals surface area contributed by atoms with Crippen molar-refractivity contribution in [2.75, 3.05) is 0 Å². The van der Waals surface area contributed by atoms with Gasteiger partial charge in [-0.15, -0.1) is 0 Å². The number of imidazole rings is 1. The third kappa shape index (κ3) is 2.11. The summed E-state index contributed by atoms with van der Waals surface area (Å²) in [5.41, 5.74) is 16.0. The van der Waals surface area contributed by atoms with E-state index in [4.69, 9.17) is 9.97 Å². The quantitative estimate of drug-likeness (QED) is 0.243. The van der Waals surface area contributed by atoms with Gasteiger partial charge in [0.25, 0.3) is 0 Å². The van der Waals surface area contributed by atoms with Crippen LogP contribution in [-0.4, -0.2) is 19.4 Å². The normalized spacial score (nSPS) is 13.5. The van der Waals surface area contributed by atoms with Gasteiger partial charge in [0.15, 0.2) is 5.65 Å². The highest BCUT2D eigenvalue weighted by molar-refractivity contribution is 6.19. The van der Waals surface area contributed by atoms with Gasteiger partial charge in [-0.3, -0.25) is 9.38 Å². The van der Waals surface area contributed by atoms with E-state index in [2.05, 4.69) is 64.0 Å². The first-order valence-electron chi connectivity index (χ1n) is 12.1. The smallest absolute Gasteiger partial charge is 0.165 e. The lowest BCUT2D eigenvalue weighted by atomic mass is 9.93. The third-order valence-corrected chi connectivity index (χ3v) is 7.92. The van der Waals surface area contributed by atoms with Gasteiger partial charge in [-0.1, -0.05) is 48.5 Å². The average molecular weight is 447 g/mol. The molecule has 0 fully saturated rings. The fraction of sp³-hybridized carbons (Fsp3) is 0.0645. The Morgan fingerprint density at radius 1 is 0.629 bits per heavy atom. The van der Waals surface area contributed by atoms with Crippen molar-refractivity contribution in [1.29, 1.82) is 0 Å². The van der Waals surface area contributed by atoms with E-state index in [9.17, 15) is 0 Å². The first-order chi connectivity index (χ1) is 17.4. The molecule has 2 aliphatic carbocycles. The van der Waals surface area contributed by atoms with Crippen LogP contribution in [0.15, 0.2) is 85.2 Å². The molecule has 2 aliphatic rings. The number of rotatable bonds is 0. The molecular weight excluding hydrogens is 428 g/mol. The van der Waals surface area contributed by atoms with Gasteiger partial charge in [0.1, 0.15) is 11.2 Å². The fourth-order valence-corrected chi connectivity index (χ4v) is 6.54. The molecule has 0 amide bonds.